The van der Waals surface area contributed by atoms with Gasteiger partial charge < -0.3 is 10.6 Å². The van der Waals surface area contributed by atoms with Crippen molar-refractivity contribution >= 4 is 66.9 Å². The van der Waals surface area contributed by atoms with Crippen LogP contribution in [0.1, 0.15) is 41.6 Å². The molecule has 190 valence electrons. The fraction of sp³-hybridized carbons (Fsp3) is 0.227. The molecule has 0 aliphatic heterocycles. The van der Waals surface area contributed by atoms with Crippen molar-refractivity contribution in [2.24, 2.45) is 0 Å². The summed E-state index contributed by atoms with van der Waals surface area (Å²) in [5, 5.41) is 9.69. The number of carbonyl (C=O) groups is 3. The molecule has 0 saturated carbocycles. The van der Waals surface area contributed by atoms with Crippen LogP contribution in [0.25, 0.3) is 5.82 Å². The number of carbonyl (C=O) groups excluding carboxylic acids is 3. The first kappa shape index (κ1) is 27.7. The number of benzene rings is 1. The van der Waals surface area contributed by atoms with E-state index in [0.717, 1.165) is 12.1 Å². The molecule has 0 fully saturated rings. The Morgan fingerprint density at radius 2 is 1.89 bits per heavy atom. The second-order valence-electron chi connectivity index (χ2n) is 8.36. The summed E-state index contributed by atoms with van der Waals surface area (Å²) in [5.74, 6) is -2.60. The van der Waals surface area contributed by atoms with Crippen molar-refractivity contribution in [2.45, 2.75) is 26.3 Å². The molecule has 3 aromatic rings. The standard InChI is InChI=1S/C22H20Br2ClFN6O4/c1-22(2,3)29-17(33)10-36-31-20(34)12-7-11(26)8-13(23)18(12)28-21(35)15-9-16(24)30-32(15)19-14(25)5-4-6-27-19/h4-9H,10H2,1-3H3,(H,28,35)(H,29,33)(H,31,34). The lowest BCUT2D eigenvalue weighted by molar-refractivity contribution is -0.128. The molecule has 14 heteroatoms. The van der Waals surface area contributed by atoms with Gasteiger partial charge in [-0.15, -0.1) is 0 Å². The first-order valence-electron chi connectivity index (χ1n) is 10.3. The maximum absolute atomic E-state index is 14.1. The number of pyridine rings is 1. The molecular formula is C22H20Br2ClFN6O4. The molecule has 3 N–H and O–H groups in total. The number of anilines is 1. The highest BCUT2D eigenvalue weighted by molar-refractivity contribution is 9.10. The quantitative estimate of drug-likeness (QED) is 0.327. The van der Waals surface area contributed by atoms with Crippen LogP contribution in [-0.4, -0.2) is 44.6 Å². The fourth-order valence-electron chi connectivity index (χ4n) is 2.94. The zero-order valence-corrected chi connectivity index (χ0v) is 23.1. The van der Waals surface area contributed by atoms with E-state index in [0.29, 0.717) is 4.60 Å². The van der Waals surface area contributed by atoms with Gasteiger partial charge >= 0.3 is 0 Å². The van der Waals surface area contributed by atoms with Crippen LogP contribution in [0.2, 0.25) is 5.02 Å². The molecule has 2 aromatic heterocycles. The van der Waals surface area contributed by atoms with Gasteiger partial charge in [0.1, 0.15) is 16.1 Å². The number of hydroxylamine groups is 1. The van der Waals surface area contributed by atoms with Gasteiger partial charge in [-0.3, -0.25) is 19.2 Å². The summed E-state index contributed by atoms with van der Waals surface area (Å²) in [7, 11) is 0. The minimum atomic E-state index is -0.892. The van der Waals surface area contributed by atoms with Gasteiger partial charge in [-0.05, 0) is 76.9 Å². The van der Waals surface area contributed by atoms with Crippen molar-refractivity contribution in [1.29, 1.82) is 0 Å². The molecule has 0 bridgehead atoms. The molecule has 0 atom stereocenters. The van der Waals surface area contributed by atoms with Crippen LogP contribution in [-0.2, 0) is 9.63 Å². The number of rotatable bonds is 7. The van der Waals surface area contributed by atoms with Crippen molar-refractivity contribution in [3.63, 3.8) is 0 Å². The molecule has 10 nitrogen and oxygen atoms in total. The molecule has 0 aliphatic carbocycles. The monoisotopic (exact) mass is 644 g/mol. The van der Waals surface area contributed by atoms with Crippen LogP contribution < -0.4 is 16.1 Å². The topological polar surface area (TPSA) is 127 Å². The van der Waals surface area contributed by atoms with Gasteiger partial charge in [0.15, 0.2) is 12.4 Å². The van der Waals surface area contributed by atoms with Crippen molar-refractivity contribution in [2.75, 3.05) is 11.9 Å². The summed E-state index contributed by atoms with van der Waals surface area (Å²) in [5.41, 5.74) is 1.32. The summed E-state index contributed by atoms with van der Waals surface area (Å²) >= 11 is 12.6. The predicted octanol–water partition coefficient (Wildman–Crippen LogP) is 4.41. The van der Waals surface area contributed by atoms with Crippen LogP contribution in [0.4, 0.5) is 10.1 Å². The number of amides is 3. The van der Waals surface area contributed by atoms with Gasteiger partial charge in [0, 0.05) is 22.3 Å². The molecule has 3 amide bonds. The molecule has 0 aliphatic rings. The van der Waals surface area contributed by atoms with E-state index in [9.17, 15) is 18.8 Å². The Balaban J connectivity index is 1.84. The largest absolute Gasteiger partial charge is 0.349 e. The second-order valence-corrected chi connectivity index (χ2v) is 10.4. The van der Waals surface area contributed by atoms with E-state index in [1.54, 1.807) is 32.9 Å². The maximum Gasteiger partial charge on any atom is 0.277 e. The lowest BCUT2D eigenvalue weighted by atomic mass is 10.1. The number of nitrogens with zero attached hydrogens (tertiary/aromatic N) is 3. The first-order chi connectivity index (χ1) is 16.9. The minimum absolute atomic E-state index is 0.0279. The normalized spacial score (nSPS) is 11.2. The van der Waals surface area contributed by atoms with Crippen molar-refractivity contribution in [1.82, 2.24) is 25.6 Å². The fourth-order valence-corrected chi connectivity index (χ4v) is 4.05. The maximum atomic E-state index is 14.1. The number of aromatic nitrogens is 3. The zero-order chi connectivity index (χ0) is 26.6. The third-order valence-electron chi connectivity index (χ3n) is 4.27. The molecule has 3 rings (SSSR count). The predicted molar refractivity (Wildman–Crippen MR) is 137 cm³/mol. The Morgan fingerprint density at radius 1 is 1.17 bits per heavy atom. The van der Waals surface area contributed by atoms with Gasteiger partial charge in [-0.1, -0.05) is 11.6 Å². The highest BCUT2D eigenvalue weighted by Gasteiger charge is 2.23. The van der Waals surface area contributed by atoms with Gasteiger partial charge in [-0.25, -0.2) is 19.5 Å². The van der Waals surface area contributed by atoms with E-state index < -0.39 is 35.7 Å². The summed E-state index contributed by atoms with van der Waals surface area (Å²) in [4.78, 5) is 46.9. The van der Waals surface area contributed by atoms with Crippen LogP contribution in [0.5, 0.6) is 0 Å². The van der Waals surface area contributed by atoms with E-state index in [1.807, 2.05) is 0 Å². The Hall–Kier alpha value is -2.87. The van der Waals surface area contributed by atoms with Crippen LogP contribution >= 0.6 is 43.5 Å². The average molecular weight is 647 g/mol. The average Bonchev–Trinajstić information content (AvgIpc) is 3.15. The molecule has 0 saturated heterocycles. The number of hydrogen-bond acceptors (Lipinski definition) is 6. The third-order valence-corrected chi connectivity index (χ3v) is 5.58. The van der Waals surface area contributed by atoms with Crippen molar-refractivity contribution in [3.8, 4) is 5.82 Å². The van der Waals surface area contributed by atoms with Crippen LogP contribution in [0.15, 0.2) is 45.6 Å². The van der Waals surface area contributed by atoms with Gasteiger partial charge in [0.25, 0.3) is 11.8 Å². The van der Waals surface area contributed by atoms with E-state index in [1.165, 1.54) is 16.9 Å². The highest BCUT2D eigenvalue weighted by Crippen LogP contribution is 2.29. The lowest BCUT2D eigenvalue weighted by Gasteiger charge is -2.20. The zero-order valence-electron chi connectivity index (χ0n) is 19.2. The molecule has 0 spiro atoms. The summed E-state index contributed by atoms with van der Waals surface area (Å²) in [6.45, 7) is 4.89. The SMILES string of the molecule is CC(C)(C)NC(=O)CONC(=O)c1cc(F)cc(Br)c1NC(=O)c1cc(Br)nn1-c1ncccc1Cl. The molecule has 0 radical (unpaired) electrons. The number of halogens is 4. The summed E-state index contributed by atoms with van der Waals surface area (Å²) in [6.07, 6.45) is 1.49. The van der Waals surface area contributed by atoms with Gasteiger partial charge in [0.05, 0.1) is 16.3 Å². The third kappa shape index (κ3) is 7.09. The smallest absolute Gasteiger partial charge is 0.277 e. The second kappa shape index (κ2) is 11.5. The Labute approximate surface area is 227 Å². The molecule has 0 unspecified atom stereocenters. The molecule has 1 aromatic carbocycles. The van der Waals surface area contributed by atoms with Gasteiger partial charge in [0.2, 0.25) is 5.91 Å². The van der Waals surface area contributed by atoms with Crippen LogP contribution in [0.3, 0.4) is 0 Å². The number of hydrogen-bond donors (Lipinski definition) is 3. The molecular weight excluding hydrogens is 627 g/mol. The minimum Gasteiger partial charge on any atom is -0.349 e. The van der Waals surface area contributed by atoms with Crippen molar-refractivity contribution in [3.05, 3.63) is 67.7 Å². The molecule has 36 heavy (non-hydrogen) atoms. The Bertz CT molecular complexity index is 1330. The molecule has 2 heterocycles. The van der Waals surface area contributed by atoms with E-state index in [2.05, 4.69) is 58.1 Å². The van der Waals surface area contributed by atoms with E-state index in [-0.39, 0.29) is 32.3 Å². The van der Waals surface area contributed by atoms with Crippen molar-refractivity contribution < 1.29 is 23.6 Å². The first-order valence-corrected chi connectivity index (χ1v) is 12.2. The summed E-state index contributed by atoms with van der Waals surface area (Å²) in [6, 6.07) is 6.62. The summed E-state index contributed by atoms with van der Waals surface area (Å²) < 4.78 is 15.8. The van der Waals surface area contributed by atoms with Crippen LogP contribution in [0, 0.1) is 5.82 Å². The van der Waals surface area contributed by atoms with Gasteiger partial charge in [-0.2, -0.15) is 5.10 Å². The number of nitrogens with one attached hydrogen (secondary N) is 3. The van der Waals surface area contributed by atoms with E-state index >= 15 is 0 Å². The Morgan fingerprint density at radius 3 is 2.56 bits per heavy atom. The Kier molecular flexibility index (Phi) is 8.82. The lowest BCUT2D eigenvalue weighted by Crippen LogP contribution is -2.43. The highest BCUT2D eigenvalue weighted by atomic mass is 79.9. The van der Waals surface area contributed by atoms with E-state index in [4.69, 9.17) is 16.4 Å².